The first-order valence-electron chi connectivity index (χ1n) is 9.60. The Morgan fingerprint density at radius 3 is 2.70 bits per heavy atom. The standard InChI is InChI=1S/C23H22N2O4S/c1-14-19(12-15-8-10-17(28-3)11-9-15)30-22(24-14)25-21(27)23(2)13-16-6-4-5-7-18(16)20(26)29-23/h4-11H,12-13H2,1-3H3,(H,24,25,27). The van der Waals surface area contributed by atoms with Crippen molar-refractivity contribution in [1.29, 1.82) is 0 Å². The van der Waals surface area contributed by atoms with Crippen molar-refractivity contribution in [2.45, 2.75) is 32.3 Å². The summed E-state index contributed by atoms with van der Waals surface area (Å²) in [6.45, 7) is 3.55. The average Bonchev–Trinajstić information content (AvgIpc) is 3.07. The Kier molecular flexibility index (Phi) is 5.30. The third-order valence-electron chi connectivity index (χ3n) is 5.20. The number of methoxy groups -OCH3 is 1. The Balaban J connectivity index is 1.48. The van der Waals surface area contributed by atoms with Crippen LogP contribution in [-0.2, 0) is 22.4 Å². The van der Waals surface area contributed by atoms with Crippen LogP contribution >= 0.6 is 11.3 Å². The molecule has 4 rings (SSSR count). The molecular formula is C23H22N2O4S. The molecule has 0 spiro atoms. The molecule has 1 atom stereocenters. The van der Waals surface area contributed by atoms with E-state index in [1.165, 1.54) is 11.3 Å². The minimum Gasteiger partial charge on any atom is -0.497 e. The number of fused-ring (bicyclic) bond motifs is 1. The van der Waals surface area contributed by atoms with Gasteiger partial charge in [0.2, 0.25) is 0 Å². The molecule has 0 fully saturated rings. The van der Waals surface area contributed by atoms with Gasteiger partial charge in [-0.2, -0.15) is 0 Å². The lowest BCUT2D eigenvalue weighted by atomic mass is 9.89. The minimum absolute atomic E-state index is 0.323. The van der Waals surface area contributed by atoms with Gasteiger partial charge < -0.3 is 9.47 Å². The number of hydrogen-bond acceptors (Lipinski definition) is 6. The van der Waals surface area contributed by atoms with Gasteiger partial charge >= 0.3 is 5.97 Å². The molecule has 154 valence electrons. The second-order valence-electron chi connectivity index (χ2n) is 7.46. The molecular weight excluding hydrogens is 400 g/mol. The molecule has 30 heavy (non-hydrogen) atoms. The first-order valence-corrected chi connectivity index (χ1v) is 10.4. The van der Waals surface area contributed by atoms with E-state index >= 15 is 0 Å². The van der Waals surface area contributed by atoms with Crippen molar-refractivity contribution in [1.82, 2.24) is 4.98 Å². The molecule has 1 unspecified atom stereocenters. The molecule has 2 heterocycles. The first-order chi connectivity index (χ1) is 14.4. The van der Waals surface area contributed by atoms with Gasteiger partial charge in [0, 0.05) is 17.7 Å². The number of amides is 1. The van der Waals surface area contributed by atoms with Crippen LogP contribution in [0.2, 0.25) is 0 Å². The Morgan fingerprint density at radius 1 is 1.23 bits per heavy atom. The van der Waals surface area contributed by atoms with Crippen LogP contribution < -0.4 is 10.1 Å². The second kappa shape index (κ2) is 7.91. The number of rotatable bonds is 5. The third-order valence-corrected chi connectivity index (χ3v) is 6.27. The largest absolute Gasteiger partial charge is 0.497 e. The van der Waals surface area contributed by atoms with Crippen LogP contribution in [0, 0.1) is 6.92 Å². The Morgan fingerprint density at radius 2 is 1.97 bits per heavy atom. The SMILES string of the molecule is COc1ccc(Cc2sc(NC(=O)C3(C)Cc4ccccc4C(=O)O3)nc2C)cc1. The normalized spacial score (nSPS) is 17.8. The number of anilines is 1. The van der Waals surface area contributed by atoms with Gasteiger partial charge in [-0.3, -0.25) is 10.1 Å². The number of hydrogen-bond donors (Lipinski definition) is 1. The highest BCUT2D eigenvalue weighted by Gasteiger charge is 2.43. The summed E-state index contributed by atoms with van der Waals surface area (Å²) in [5.41, 5.74) is 2.03. The molecule has 7 heteroatoms. The monoisotopic (exact) mass is 422 g/mol. The van der Waals surface area contributed by atoms with Gasteiger partial charge in [-0.15, -0.1) is 11.3 Å². The van der Waals surface area contributed by atoms with Crippen molar-refractivity contribution in [2.75, 3.05) is 12.4 Å². The number of aryl methyl sites for hydroxylation is 1. The summed E-state index contributed by atoms with van der Waals surface area (Å²) < 4.78 is 10.7. The molecule has 0 saturated carbocycles. The number of thiazole rings is 1. The van der Waals surface area contributed by atoms with Crippen LogP contribution in [0.4, 0.5) is 5.13 Å². The van der Waals surface area contributed by atoms with Crippen molar-refractivity contribution < 1.29 is 19.1 Å². The molecule has 0 aliphatic carbocycles. The van der Waals surface area contributed by atoms with Gasteiger partial charge in [0.1, 0.15) is 5.75 Å². The Hall–Kier alpha value is -3.19. The van der Waals surface area contributed by atoms with Gasteiger partial charge in [0.05, 0.1) is 18.4 Å². The molecule has 6 nitrogen and oxygen atoms in total. The number of carbonyl (C=O) groups is 2. The van der Waals surface area contributed by atoms with Crippen molar-refractivity contribution >= 4 is 28.3 Å². The molecule has 1 aliphatic heterocycles. The van der Waals surface area contributed by atoms with E-state index in [4.69, 9.17) is 9.47 Å². The summed E-state index contributed by atoms with van der Waals surface area (Å²) in [5.74, 6) is -0.0512. The predicted molar refractivity (Wildman–Crippen MR) is 115 cm³/mol. The number of benzene rings is 2. The lowest BCUT2D eigenvalue weighted by Crippen LogP contribution is -2.48. The summed E-state index contributed by atoms with van der Waals surface area (Å²) in [5, 5.41) is 3.34. The molecule has 0 bridgehead atoms. The molecule has 1 aliphatic rings. The van der Waals surface area contributed by atoms with Crippen LogP contribution in [0.3, 0.4) is 0 Å². The van der Waals surface area contributed by atoms with Gasteiger partial charge in [-0.1, -0.05) is 30.3 Å². The lowest BCUT2D eigenvalue weighted by Gasteiger charge is -2.32. The number of aromatic nitrogens is 1. The van der Waals surface area contributed by atoms with E-state index in [2.05, 4.69) is 10.3 Å². The zero-order chi connectivity index (χ0) is 21.3. The quantitative estimate of drug-likeness (QED) is 0.625. The van der Waals surface area contributed by atoms with Crippen LogP contribution in [0.15, 0.2) is 48.5 Å². The van der Waals surface area contributed by atoms with E-state index in [1.807, 2.05) is 43.3 Å². The predicted octanol–water partition coefficient (Wildman–Crippen LogP) is 4.16. The Labute approximate surface area is 178 Å². The number of cyclic esters (lactones) is 1. The van der Waals surface area contributed by atoms with Crippen LogP contribution in [0.5, 0.6) is 5.75 Å². The lowest BCUT2D eigenvalue weighted by molar-refractivity contribution is -0.134. The van der Waals surface area contributed by atoms with Gasteiger partial charge in [0.25, 0.3) is 5.91 Å². The third kappa shape index (κ3) is 3.93. The summed E-state index contributed by atoms with van der Waals surface area (Å²) >= 11 is 1.43. The topological polar surface area (TPSA) is 77.5 Å². The van der Waals surface area contributed by atoms with Crippen molar-refractivity contribution in [3.63, 3.8) is 0 Å². The average molecular weight is 423 g/mol. The van der Waals surface area contributed by atoms with E-state index < -0.39 is 11.6 Å². The number of esters is 1. The maximum atomic E-state index is 13.0. The van der Waals surface area contributed by atoms with Gasteiger partial charge in [-0.05, 0) is 43.2 Å². The van der Waals surface area contributed by atoms with Crippen molar-refractivity contribution in [2.24, 2.45) is 0 Å². The summed E-state index contributed by atoms with van der Waals surface area (Å²) in [6, 6.07) is 15.1. The van der Waals surface area contributed by atoms with Crippen LogP contribution in [0.25, 0.3) is 0 Å². The highest BCUT2D eigenvalue weighted by atomic mass is 32.1. The molecule has 3 aromatic rings. The van der Waals surface area contributed by atoms with Gasteiger partial charge in [-0.25, -0.2) is 9.78 Å². The fourth-order valence-corrected chi connectivity index (χ4v) is 4.45. The van der Waals surface area contributed by atoms with E-state index in [9.17, 15) is 9.59 Å². The number of carbonyl (C=O) groups excluding carboxylic acids is 2. The molecule has 0 radical (unpaired) electrons. The highest BCUT2D eigenvalue weighted by molar-refractivity contribution is 7.15. The maximum absolute atomic E-state index is 13.0. The summed E-state index contributed by atoms with van der Waals surface area (Å²) in [6.07, 6.45) is 1.03. The fraction of sp³-hybridized carbons (Fsp3) is 0.261. The number of nitrogens with one attached hydrogen (secondary N) is 1. The molecule has 2 aromatic carbocycles. The summed E-state index contributed by atoms with van der Waals surface area (Å²) in [7, 11) is 1.64. The number of ether oxygens (including phenoxy) is 2. The van der Waals surface area contributed by atoms with Gasteiger partial charge in [0.15, 0.2) is 10.7 Å². The van der Waals surface area contributed by atoms with Crippen LogP contribution in [0.1, 0.15) is 39.0 Å². The molecule has 1 N–H and O–H groups in total. The maximum Gasteiger partial charge on any atom is 0.339 e. The zero-order valence-corrected chi connectivity index (χ0v) is 17.8. The molecule has 1 aromatic heterocycles. The zero-order valence-electron chi connectivity index (χ0n) is 17.0. The number of nitrogens with zero attached hydrogens (tertiary/aromatic N) is 1. The summed E-state index contributed by atoms with van der Waals surface area (Å²) in [4.78, 5) is 30.9. The highest BCUT2D eigenvalue weighted by Crippen LogP contribution is 2.31. The van der Waals surface area contributed by atoms with Crippen LogP contribution in [-0.4, -0.2) is 29.6 Å². The minimum atomic E-state index is -1.28. The van der Waals surface area contributed by atoms with Crippen molar-refractivity contribution in [3.05, 3.63) is 75.8 Å². The second-order valence-corrected chi connectivity index (χ2v) is 8.54. The van der Waals surface area contributed by atoms with E-state index in [1.54, 1.807) is 26.2 Å². The molecule has 1 amide bonds. The first kappa shape index (κ1) is 20.1. The Bertz CT molecular complexity index is 1110. The fourth-order valence-electron chi connectivity index (χ4n) is 3.46. The van der Waals surface area contributed by atoms with Crippen molar-refractivity contribution in [3.8, 4) is 5.75 Å². The smallest absolute Gasteiger partial charge is 0.339 e. The molecule has 0 saturated heterocycles. The van der Waals surface area contributed by atoms with E-state index in [0.29, 0.717) is 23.5 Å². The van der Waals surface area contributed by atoms with E-state index in [0.717, 1.165) is 27.4 Å². The van der Waals surface area contributed by atoms with E-state index in [-0.39, 0.29) is 5.91 Å².